The lowest BCUT2D eigenvalue weighted by atomic mass is 10.2. The van der Waals surface area contributed by atoms with Crippen LogP contribution in [0.4, 0.5) is 4.39 Å². The Bertz CT molecular complexity index is 578. The van der Waals surface area contributed by atoms with Crippen molar-refractivity contribution in [3.8, 4) is 0 Å². The van der Waals surface area contributed by atoms with Gasteiger partial charge in [0.1, 0.15) is 5.82 Å². The SMILES string of the molecule is C[C@H]1CNCCN1Cc1cnn(Cc2ccc(F)cc2)c1. The second-order valence-electron chi connectivity index (χ2n) is 5.70. The van der Waals surface area contributed by atoms with Gasteiger partial charge < -0.3 is 5.32 Å². The highest BCUT2D eigenvalue weighted by Gasteiger charge is 2.18. The molecule has 1 aliphatic heterocycles. The van der Waals surface area contributed by atoms with Crippen molar-refractivity contribution in [1.82, 2.24) is 20.0 Å². The van der Waals surface area contributed by atoms with Crippen LogP contribution in [0.5, 0.6) is 0 Å². The summed E-state index contributed by atoms with van der Waals surface area (Å²) in [6, 6.07) is 7.13. The Morgan fingerprint density at radius 3 is 2.81 bits per heavy atom. The third-order valence-electron chi connectivity index (χ3n) is 3.97. The molecular formula is C16H21FN4. The first-order valence-corrected chi connectivity index (χ1v) is 7.41. The molecule has 0 aliphatic carbocycles. The van der Waals surface area contributed by atoms with E-state index < -0.39 is 0 Å². The van der Waals surface area contributed by atoms with E-state index in [1.807, 2.05) is 10.9 Å². The first-order chi connectivity index (χ1) is 10.2. The number of aromatic nitrogens is 2. The summed E-state index contributed by atoms with van der Waals surface area (Å²) in [5.74, 6) is -0.201. The Hall–Kier alpha value is -1.72. The van der Waals surface area contributed by atoms with E-state index in [2.05, 4.69) is 28.4 Å². The number of nitrogens with one attached hydrogen (secondary N) is 1. The number of hydrogen-bond donors (Lipinski definition) is 1. The second kappa shape index (κ2) is 6.37. The van der Waals surface area contributed by atoms with Crippen LogP contribution in [0.15, 0.2) is 36.7 Å². The van der Waals surface area contributed by atoms with E-state index in [1.54, 1.807) is 12.1 Å². The summed E-state index contributed by atoms with van der Waals surface area (Å²) in [5.41, 5.74) is 2.28. The van der Waals surface area contributed by atoms with E-state index in [1.165, 1.54) is 17.7 Å². The molecule has 1 atom stereocenters. The standard InChI is InChI=1S/C16H21FN4/c1-13-8-18-6-7-20(13)10-15-9-19-21(12-15)11-14-2-4-16(17)5-3-14/h2-5,9,12-13,18H,6-8,10-11H2,1H3/t13-/m0/s1. The molecule has 5 heteroatoms. The van der Waals surface area contributed by atoms with Crippen LogP contribution in [0, 0.1) is 5.82 Å². The molecule has 3 rings (SSSR count). The van der Waals surface area contributed by atoms with Gasteiger partial charge in [-0.2, -0.15) is 5.10 Å². The molecule has 21 heavy (non-hydrogen) atoms. The van der Waals surface area contributed by atoms with Crippen molar-refractivity contribution in [2.75, 3.05) is 19.6 Å². The molecule has 0 amide bonds. The minimum Gasteiger partial charge on any atom is -0.314 e. The highest BCUT2D eigenvalue weighted by Crippen LogP contribution is 2.11. The number of nitrogens with zero attached hydrogens (tertiary/aromatic N) is 3. The van der Waals surface area contributed by atoms with Gasteiger partial charge in [0, 0.05) is 44.0 Å². The number of piperazine rings is 1. The lowest BCUT2D eigenvalue weighted by Crippen LogP contribution is -2.49. The summed E-state index contributed by atoms with van der Waals surface area (Å²) in [5, 5.41) is 7.80. The van der Waals surface area contributed by atoms with Crippen LogP contribution in [0.2, 0.25) is 0 Å². The molecule has 1 saturated heterocycles. The Labute approximate surface area is 124 Å². The normalized spacial score (nSPS) is 19.8. The van der Waals surface area contributed by atoms with Gasteiger partial charge in [0.2, 0.25) is 0 Å². The maximum Gasteiger partial charge on any atom is 0.123 e. The summed E-state index contributed by atoms with van der Waals surface area (Å²) in [7, 11) is 0. The lowest BCUT2D eigenvalue weighted by Gasteiger charge is -2.33. The van der Waals surface area contributed by atoms with Crippen molar-refractivity contribution >= 4 is 0 Å². The summed E-state index contributed by atoms with van der Waals surface area (Å²) in [6.07, 6.45) is 4.01. The van der Waals surface area contributed by atoms with E-state index in [-0.39, 0.29) is 5.82 Å². The fourth-order valence-corrected chi connectivity index (χ4v) is 2.70. The zero-order chi connectivity index (χ0) is 14.7. The minimum atomic E-state index is -0.201. The highest BCUT2D eigenvalue weighted by molar-refractivity contribution is 5.17. The monoisotopic (exact) mass is 288 g/mol. The number of hydrogen-bond acceptors (Lipinski definition) is 3. The van der Waals surface area contributed by atoms with Crippen LogP contribution >= 0.6 is 0 Å². The molecule has 112 valence electrons. The molecule has 0 radical (unpaired) electrons. The van der Waals surface area contributed by atoms with Crippen molar-refractivity contribution in [2.45, 2.75) is 26.1 Å². The van der Waals surface area contributed by atoms with Crippen LogP contribution in [-0.4, -0.2) is 40.4 Å². The van der Waals surface area contributed by atoms with Crippen molar-refractivity contribution in [2.24, 2.45) is 0 Å². The smallest absolute Gasteiger partial charge is 0.123 e. The molecule has 1 aromatic heterocycles. The molecule has 0 unspecified atom stereocenters. The first kappa shape index (κ1) is 14.2. The van der Waals surface area contributed by atoms with Crippen LogP contribution in [0.3, 0.4) is 0 Å². The molecular weight excluding hydrogens is 267 g/mol. The maximum absolute atomic E-state index is 12.9. The van der Waals surface area contributed by atoms with E-state index >= 15 is 0 Å². The predicted molar refractivity (Wildman–Crippen MR) is 80.5 cm³/mol. The zero-order valence-corrected chi connectivity index (χ0v) is 12.3. The third kappa shape index (κ3) is 3.68. The summed E-state index contributed by atoms with van der Waals surface area (Å²) >= 11 is 0. The van der Waals surface area contributed by atoms with Gasteiger partial charge in [-0.15, -0.1) is 0 Å². The molecule has 0 spiro atoms. The Morgan fingerprint density at radius 2 is 2.05 bits per heavy atom. The molecule has 0 bridgehead atoms. The van der Waals surface area contributed by atoms with Crippen molar-refractivity contribution in [3.05, 3.63) is 53.6 Å². The van der Waals surface area contributed by atoms with Gasteiger partial charge in [-0.3, -0.25) is 9.58 Å². The van der Waals surface area contributed by atoms with Gasteiger partial charge in [0.15, 0.2) is 0 Å². The molecule has 1 aromatic carbocycles. The van der Waals surface area contributed by atoms with E-state index in [4.69, 9.17) is 0 Å². The second-order valence-corrected chi connectivity index (χ2v) is 5.70. The van der Waals surface area contributed by atoms with Gasteiger partial charge >= 0.3 is 0 Å². The molecule has 2 aromatic rings. The van der Waals surface area contributed by atoms with Gasteiger partial charge in [-0.1, -0.05) is 12.1 Å². The summed E-state index contributed by atoms with van der Waals surface area (Å²) in [4.78, 5) is 2.47. The summed E-state index contributed by atoms with van der Waals surface area (Å²) < 4.78 is 14.8. The fraction of sp³-hybridized carbons (Fsp3) is 0.438. The zero-order valence-electron chi connectivity index (χ0n) is 12.3. The van der Waals surface area contributed by atoms with E-state index in [0.29, 0.717) is 12.6 Å². The van der Waals surface area contributed by atoms with E-state index in [9.17, 15) is 4.39 Å². The molecule has 2 heterocycles. The number of rotatable bonds is 4. The largest absolute Gasteiger partial charge is 0.314 e. The molecule has 0 saturated carbocycles. The minimum absolute atomic E-state index is 0.201. The summed E-state index contributed by atoms with van der Waals surface area (Å²) in [6.45, 7) is 7.03. The maximum atomic E-state index is 12.9. The van der Waals surface area contributed by atoms with Crippen LogP contribution < -0.4 is 5.32 Å². The quantitative estimate of drug-likeness (QED) is 0.932. The van der Waals surface area contributed by atoms with E-state index in [0.717, 1.165) is 31.7 Å². The fourth-order valence-electron chi connectivity index (χ4n) is 2.70. The van der Waals surface area contributed by atoms with Crippen LogP contribution in [0.25, 0.3) is 0 Å². The van der Waals surface area contributed by atoms with Gasteiger partial charge in [0.25, 0.3) is 0 Å². The number of benzene rings is 1. The highest BCUT2D eigenvalue weighted by atomic mass is 19.1. The Balaban J connectivity index is 1.61. The van der Waals surface area contributed by atoms with Crippen LogP contribution in [0.1, 0.15) is 18.1 Å². The topological polar surface area (TPSA) is 33.1 Å². The van der Waals surface area contributed by atoms with Crippen molar-refractivity contribution in [3.63, 3.8) is 0 Å². The van der Waals surface area contributed by atoms with Crippen molar-refractivity contribution < 1.29 is 4.39 Å². The average Bonchev–Trinajstić information content (AvgIpc) is 2.91. The first-order valence-electron chi connectivity index (χ1n) is 7.41. The third-order valence-corrected chi connectivity index (χ3v) is 3.97. The Morgan fingerprint density at radius 1 is 1.24 bits per heavy atom. The molecule has 1 aliphatic rings. The van der Waals surface area contributed by atoms with Crippen LogP contribution in [-0.2, 0) is 13.1 Å². The lowest BCUT2D eigenvalue weighted by molar-refractivity contribution is 0.165. The van der Waals surface area contributed by atoms with Gasteiger partial charge in [-0.25, -0.2) is 4.39 Å². The molecule has 4 nitrogen and oxygen atoms in total. The van der Waals surface area contributed by atoms with Crippen molar-refractivity contribution in [1.29, 1.82) is 0 Å². The van der Waals surface area contributed by atoms with Gasteiger partial charge in [-0.05, 0) is 24.6 Å². The molecule has 1 fully saturated rings. The average molecular weight is 288 g/mol. The van der Waals surface area contributed by atoms with Gasteiger partial charge in [0.05, 0.1) is 12.7 Å². The molecule has 1 N–H and O–H groups in total. The predicted octanol–water partition coefficient (Wildman–Crippen LogP) is 1.86. The Kier molecular flexibility index (Phi) is 4.31. The number of halogens is 1.